The maximum atomic E-state index is 12.0. The minimum Gasteiger partial charge on any atom is -0.480 e. The minimum absolute atomic E-state index is 0.107. The number of esters is 1. The zero-order valence-electron chi connectivity index (χ0n) is 12.2. The van der Waals surface area contributed by atoms with Gasteiger partial charge in [0.15, 0.2) is 0 Å². The third-order valence-electron chi connectivity index (χ3n) is 3.07. The summed E-state index contributed by atoms with van der Waals surface area (Å²) in [5, 5.41) is 11.0. The van der Waals surface area contributed by atoms with Crippen LogP contribution in [0, 0.1) is 0 Å². The number of nitrogens with zero attached hydrogens (tertiary/aromatic N) is 1. The molecule has 8 heteroatoms. The van der Waals surface area contributed by atoms with Crippen molar-refractivity contribution in [3.8, 4) is 0 Å². The van der Waals surface area contributed by atoms with Gasteiger partial charge in [-0.05, 0) is 26.2 Å². The molecular formula is C13H22N2O6. The molecule has 1 rings (SSSR count). The van der Waals surface area contributed by atoms with Crippen LogP contribution in [0.3, 0.4) is 0 Å². The van der Waals surface area contributed by atoms with Gasteiger partial charge >= 0.3 is 18.0 Å². The second-order valence-electron chi connectivity index (χ2n) is 4.64. The number of hydrogen-bond donors (Lipinski definition) is 2. The molecule has 1 saturated heterocycles. The Morgan fingerprint density at radius 2 is 2.10 bits per heavy atom. The van der Waals surface area contributed by atoms with E-state index < -0.39 is 18.6 Å². The maximum absolute atomic E-state index is 12.0. The molecule has 1 fully saturated rings. The van der Waals surface area contributed by atoms with Crippen LogP contribution in [0.1, 0.15) is 26.2 Å². The number of nitrogens with one attached hydrogen (secondary N) is 1. The standard InChI is InChI=1S/C13H22N2O6/c1-2-21-12(18)10-5-3-4-7-15(10)13(19)14-6-8-20-9-11(16)17/h10H,2-9H2,1H3,(H,14,19)(H,16,17). The lowest BCUT2D eigenvalue weighted by Gasteiger charge is -2.33. The molecule has 2 amide bonds. The van der Waals surface area contributed by atoms with Crippen molar-refractivity contribution in [1.82, 2.24) is 10.2 Å². The van der Waals surface area contributed by atoms with E-state index in [-0.39, 0.29) is 31.8 Å². The zero-order valence-corrected chi connectivity index (χ0v) is 12.2. The Hall–Kier alpha value is -1.83. The minimum atomic E-state index is -1.06. The van der Waals surface area contributed by atoms with Crippen molar-refractivity contribution in [1.29, 1.82) is 0 Å². The Morgan fingerprint density at radius 1 is 1.33 bits per heavy atom. The van der Waals surface area contributed by atoms with Gasteiger partial charge in [0.2, 0.25) is 0 Å². The lowest BCUT2D eigenvalue weighted by atomic mass is 10.0. The summed E-state index contributed by atoms with van der Waals surface area (Å²) < 4.78 is 9.80. The molecule has 1 heterocycles. The molecule has 2 N–H and O–H groups in total. The summed E-state index contributed by atoms with van der Waals surface area (Å²) in [7, 11) is 0. The van der Waals surface area contributed by atoms with E-state index >= 15 is 0 Å². The van der Waals surface area contributed by atoms with Gasteiger partial charge in [-0.3, -0.25) is 0 Å². The molecule has 8 nitrogen and oxygen atoms in total. The van der Waals surface area contributed by atoms with E-state index in [1.807, 2.05) is 0 Å². The molecule has 120 valence electrons. The van der Waals surface area contributed by atoms with Crippen LogP contribution in [-0.2, 0) is 19.1 Å². The monoisotopic (exact) mass is 302 g/mol. The highest BCUT2D eigenvalue weighted by molar-refractivity contribution is 5.83. The number of ether oxygens (including phenoxy) is 2. The quantitative estimate of drug-likeness (QED) is 0.514. The van der Waals surface area contributed by atoms with Crippen molar-refractivity contribution < 1.29 is 29.0 Å². The Morgan fingerprint density at radius 3 is 2.76 bits per heavy atom. The molecule has 1 aliphatic heterocycles. The molecule has 0 spiro atoms. The SMILES string of the molecule is CCOC(=O)C1CCCCN1C(=O)NCCOCC(=O)O. The molecule has 0 aromatic carbocycles. The molecule has 1 aliphatic rings. The normalized spacial score (nSPS) is 18.1. The Labute approximate surface area is 123 Å². The molecular weight excluding hydrogens is 280 g/mol. The Bertz CT molecular complexity index is 374. The number of likely N-dealkylation sites (tertiary alicyclic amines) is 1. The number of carbonyl (C=O) groups excluding carboxylic acids is 2. The van der Waals surface area contributed by atoms with Gasteiger partial charge in [0.25, 0.3) is 0 Å². The average molecular weight is 302 g/mol. The highest BCUT2D eigenvalue weighted by Gasteiger charge is 2.32. The third-order valence-corrected chi connectivity index (χ3v) is 3.07. The van der Waals surface area contributed by atoms with Gasteiger partial charge < -0.3 is 24.8 Å². The van der Waals surface area contributed by atoms with E-state index in [4.69, 9.17) is 14.6 Å². The van der Waals surface area contributed by atoms with Crippen LogP contribution in [0.15, 0.2) is 0 Å². The van der Waals surface area contributed by atoms with Crippen LogP contribution in [0.5, 0.6) is 0 Å². The summed E-state index contributed by atoms with van der Waals surface area (Å²) in [4.78, 5) is 35.6. The molecule has 0 aromatic rings. The number of carbonyl (C=O) groups is 3. The van der Waals surface area contributed by atoms with Crippen LogP contribution in [-0.4, -0.2) is 66.9 Å². The summed E-state index contributed by atoms with van der Waals surface area (Å²) in [6.07, 6.45) is 2.33. The van der Waals surface area contributed by atoms with Gasteiger partial charge in [-0.1, -0.05) is 0 Å². The van der Waals surface area contributed by atoms with Crippen molar-refractivity contribution >= 4 is 18.0 Å². The van der Waals surface area contributed by atoms with Crippen LogP contribution >= 0.6 is 0 Å². The van der Waals surface area contributed by atoms with Crippen LogP contribution in [0.25, 0.3) is 0 Å². The number of aliphatic carboxylic acids is 1. The van der Waals surface area contributed by atoms with E-state index in [0.717, 1.165) is 12.8 Å². The number of rotatable bonds is 7. The van der Waals surface area contributed by atoms with E-state index in [9.17, 15) is 14.4 Å². The zero-order chi connectivity index (χ0) is 15.7. The van der Waals surface area contributed by atoms with Gasteiger partial charge in [0.1, 0.15) is 12.6 Å². The van der Waals surface area contributed by atoms with Crippen LogP contribution in [0.2, 0.25) is 0 Å². The van der Waals surface area contributed by atoms with Crippen molar-refractivity contribution in [2.45, 2.75) is 32.2 Å². The second kappa shape index (κ2) is 9.17. The Kier molecular flexibility index (Phi) is 7.52. The summed E-state index contributed by atoms with van der Waals surface area (Å²) in [5.41, 5.74) is 0. The van der Waals surface area contributed by atoms with Gasteiger partial charge in [-0.15, -0.1) is 0 Å². The van der Waals surface area contributed by atoms with Crippen LogP contribution in [0.4, 0.5) is 4.79 Å². The molecule has 1 unspecified atom stereocenters. The number of amides is 2. The van der Waals surface area contributed by atoms with Gasteiger partial charge in [0, 0.05) is 13.1 Å². The molecule has 0 saturated carbocycles. The van der Waals surface area contributed by atoms with E-state index in [1.165, 1.54) is 4.90 Å². The largest absolute Gasteiger partial charge is 0.480 e. The van der Waals surface area contributed by atoms with Gasteiger partial charge in [-0.2, -0.15) is 0 Å². The number of carboxylic acids is 1. The van der Waals surface area contributed by atoms with Crippen molar-refractivity contribution in [2.24, 2.45) is 0 Å². The molecule has 0 aromatic heterocycles. The van der Waals surface area contributed by atoms with Crippen molar-refractivity contribution in [3.05, 3.63) is 0 Å². The highest BCUT2D eigenvalue weighted by Crippen LogP contribution is 2.18. The van der Waals surface area contributed by atoms with Gasteiger partial charge in [-0.25, -0.2) is 14.4 Å². The van der Waals surface area contributed by atoms with E-state index in [2.05, 4.69) is 5.32 Å². The molecule has 0 bridgehead atoms. The van der Waals surface area contributed by atoms with Crippen molar-refractivity contribution in [3.63, 3.8) is 0 Å². The predicted octanol–water partition coefficient (Wildman–Crippen LogP) is 0.215. The van der Waals surface area contributed by atoms with Crippen molar-refractivity contribution in [2.75, 3.05) is 32.9 Å². The fourth-order valence-electron chi connectivity index (χ4n) is 2.15. The first-order chi connectivity index (χ1) is 10.1. The predicted molar refractivity (Wildman–Crippen MR) is 72.8 cm³/mol. The first-order valence-electron chi connectivity index (χ1n) is 7.07. The van der Waals surface area contributed by atoms with Crippen LogP contribution < -0.4 is 5.32 Å². The third kappa shape index (κ3) is 5.99. The van der Waals surface area contributed by atoms with E-state index in [1.54, 1.807) is 6.92 Å². The molecule has 0 radical (unpaired) electrons. The Balaban J connectivity index is 2.38. The summed E-state index contributed by atoms with van der Waals surface area (Å²) >= 11 is 0. The average Bonchev–Trinajstić information content (AvgIpc) is 2.46. The second-order valence-corrected chi connectivity index (χ2v) is 4.64. The number of urea groups is 1. The topological polar surface area (TPSA) is 105 Å². The fourth-order valence-corrected chi connectivity index (χ4v) is 2.15. The highest BCUT2D eigenvalue weighted by atomic mass is 16.5. The molecule has 1 atom stereocenters. The summed E-state index contributed by atoms with van der Waals surface area (Å²) in [5.74, 6) is -1.44. The number of piperidine rings is 1. The number of hydrogen-bond acceptors (Lipinski definition) is 5. The van der Waals surface area contributed by atoms with E-state index in [0.29, 0.717) is 13.0 Å². The van der Waals surface area contributed by atoms with Gasteiger partial charge in [0.05, 0.1) is 13.2 Å². The number of carboxylic acid groups (broad SMARTS) is 1. The lowest BCUT2D eigenvalue weighted by molar-refractivity contribution is -0.149. The lowest BCUT2D eigenvalue weighted by Crippen LogP contribution is -2.52. The maximum Gasteiger partial charge on any atom is 0.329 e. The first kappa shape index (κ1) is 17.2. The fraction of sp³-hybridized carbons (Fsp3) is 0.769. The molecule has 0 aliphatic carbocycles. The summed E-state index contributed by atoms with van der Waals surface area (Å²) in [6, 6.07) is -0.898. The first-order valence-corrected chi connectivity index (χ1v) is 7.07. The smallest absolute Gasteiger partial charge is 0.329 e. The summed E-state index contributed by atoms with van der Waals surface area (Å²) in [6.45, 7) is 2.42. The molecule has 21 heavy (non-hydrogen) atoms.